The molecule has 2 nitrogen and oxygen atoms in total. The van der Waals surface area contributed by atoms with Crippen molar-refractivity contribution in [2.45, 2.75) is 46.2 Å². The lowest BCUT2D eigenvalue weighted by Crippen LogP contribution is -2.11. The van der Waals surface area contributed by atoms with E-state index >= 15 is 0 Å². The Hall–Kier alpha value is -1.80. The number of aryl methyl sites for hydroxylation is 1. The van der Waals surface area contributed by atoms with Crippen molar-refractivity contribution in [1.82, 2.24) is 4.57 Å². The van der Waals surface area contributed by atoms with Gasteiger partial charge in [0.2, 0.25) is 0 Å². The lowest BCUT2D eigenvalue weighted by atomic mass is 9.97. The van der Waals surface area contributed by atoms with Crippen LogP contribution in [0.1, 0.15) is 45.2 Å². The minimum absolute atomic E-state index is 0.135. The van der Waals surface area contributed by atoms with Crippen molar-refractivity contribution in [2.75, 3.05) is 0 Å². The molecule has 0 aliphatic heterocycles. The van der Waals surface area contributed by atoms with Gasteiger partial charge in [-0.1, -0.05) is 38.1 Å². The van der Waals surface area contributed by atoms with E-state index in [2.05, 4.69) is 67.8 Å². The number of nitrogens with zero attached hydrogens (tertiary/aromatic N) is 1. The third-order valence-corrected chi connectivity index (χ3v) is 4.60. The Bertz CT molecular complexity index is 783. The molecule has 116 valence electrons. The Balaban J connectivity index is 2.08. The van der Waals surface area contributed by atoms with Gasteiger partial charge in [-0.3, -0.25) is 0 Å². The molecule has 3 rings (SSSR count). The summed E-state index contributed by atoms with van der Waals surface area (Å²) in [5.41, 5.74) is 10.3. The summed E-state index contributed by atoms with van der Waals surface area (Å²) >= 11 is 0. The molecule has 3 aromatic rings. The molecule has 2 aromatic carbocycles. The average molecular weight is 294 g/mol. The summed E-state index contributed by atoms with van der Waals surface area (Å²) in [6, 6.07) is 15.5. The first-order valence-electron chi connectivity index (χ1n) is 8.38. The van der Waals surface area contributed by atoms with Gasteiger partial charge < -0.3 is 10.3 Å². The maximum absolute atomic E-state index is 6.41. The zero-order valence-corrected chi connectivity index (χ0v) is 13.8. The third-order valence-electron chi connectivity index (χ3n) is 4.60. The zero-order chi connectivity index (χ0) is 15.7. The molecule has 2 heteroatoms. The van der Waals surface area contributed by atoms with Crippen molar-refractivity contribution in [3.05, 3.63) is 48.0 Å². The number of hydrogen-bond acceptors (Lipinski definition) is 1. The van der Waals surface area contributed by atoms with E-state index in [4.69, 9.17) is 5.73 Å². The molecule has 0 saturated heterocycles. The number of para-hydroxylation sites is 1. The second kappa shape index (κ2) is 6.13. The van der Waals surface area contributed by atoms with E-state index in [0.29, 0.717) is 5.92 Å². The molecule has 0 aliphatic carbocycles. The minimum atomic E-state index is 0.135. The highest BCUT2D eigenvalue weighted by Gasteiger charge is 2.12. The fourth-order valence-corrected chi connectivity index (χ4v) is 3.32. The molecule has 0 bridgehead atoms. The van der Waals surface area contributed by atoms with Crippen LogP contribution in [0, 0.1) is 5.92 Å². The summed E-state index contributed by atoms with van der Waals surface area (Å²) in [4.78, 5) is 0. The lowest BCUT2D eigenvalue weighted by molar-refractivity contribution is 0.507. The van der Waals surface area contributed by atoms with E-state index in [-0.39, 0.29) is 6.04 Å². The minimum Gasteiger partial charge on any atom is -0.341 e. The fraction of sp³-hybridized carbons (Fsp3) is 0.400. The summed E-state index contributed by atoms with van der Waals surface area (Å²) < 4.78 is 2.38. The van der Waals surface area contributed by atoms with Crippen LogP contribution in [-0.2, 0) is 6.54 Å². The van der Waals surface area contributed by atoms with E-state index in [9.17, 15) is 0 Å². The van der Waals surface area contributed by atoms with Gasteiger partial charge in [-0.2, -0.15) is 0 Å². The standard InChI is InChI=1S/C20H26N2/c1-4-22-19-8-6-5-7-16(19)17-13-15(10-12-20(17)22)18(21)11-9-14(2)3/h5-8,10,12-14,18H,4,9,11,21H2,1-3H3/t18-/m0/s1. The number of hydrogen-bond donors (Lipinski definition) is 1. The quantitative estimate of drug-likeness (QED) is 0.684. The van der Waals surface area contributed by atoms with Gasteiger partial charge in [-0.05, 0) is 49.4 Å². The number of fused-ring (bicyclic) bond motifs is 3. The molecule has 1 heterocycles. The molecule has 0 radical (unpaired) electrons. The summed E-state index contributed by atoms with van der Waals surface area (Å²) in [6.07, 6.45) is 2.23. The van der Waals surface area contributed by atoms with Crippen LogP contribution in [0.15, 0.2) is 42.5 Å². The first kappa shape index (κ1) is 15.1. The molecular weight excluding hydrogens is 268 g/mol. The molecular formula is C20H26N2. The zero-order valence-electron chi connectivity index (χ0n) is 13.8. The molecule has 0 unspecified atom stereocenters. The van der Waals surface area contributed by atoms with Crippen LogP contribution in [0.4, 0.5) is 0 Å². The molecule has 1 aromatic heterocycles. The van der Waals surface area contributed by atoms with E-state index in [0.717, 1.165) is 13.0 Å². The number of benzene rings is 2. The van der Waals surface area contributed by atoms with Gasteiger partial charge in [0.1, 0.15) is 0 Å². The van der Waals surface area contributed by atoms with E-state index < -0.39 is 0 Å². The Morgan fingerprint density at radius 1 is 0.955 bits per heavy atom. The summed E-state index contributed by atoms with van der Waals surface area (Å²) in [5.74, 6) is 0.705. The maximum atomic E-state index is 6.41. The van der Waals surface area contributed by atoms with Crippen LogP contribution in [-0.4, -0.2) is 4.57 Å². The summed E-state index contributed by atoms with van der Waals surface area (Å²) in [5, 5.41) is 2.66. The van der Waals surface area contributed by atoms with Crippen LogP contribution >= 0.6 is 0 Å². The molecule has 1 atom stereocenters. The lowest BCUT2D eigenvalue weighted by Gasteiger charge is -2.14. The first-order valence-corrected chi connectivity index (χ1v) is 8.38. The topological polar surface area (TPSA) is 30.9 Å². The van der Waals surface area contributed by atoms with E-state index in [1.807, 2.05) is 0 Å². The van der Waals surface area contributed by atoms with Gasteiger partial charge in [0.25, 0.3) is 0 Å². The molecule has 22 heavy (non-hydrogen) atoms. The van der Waals surface area contributed by atoms with Gasteiger partial charge in [0, 0.05) is 34.4 Å². The van der Waals surface area contributed by atoms with Crippen LogP contribution in [0.5, 0.6) is 0 Å². The van der Waals surface area contributed by atoms with Gasteiger partial charge in [0.05, 0.1) is 0 Å². The average Bonchev–Trinajstić information content (AvgIpc) is 2.85. The van der Waals surface area contributed by atoms with Crippen molar-refractivity contribution in [3.63, 3.8) is 0 Å². The number of aromatic nitrogens is 1. The van der Waals surface area contributed by atoms with Crippen LogP contribution in [0.25, 0.3) is 21.8 Å². The largest absolute Gasteiger partial charge is 0.341 e. The Kier molecular flexibility index (Phi) is 4.21. The van der Waals surface area contributed by atoms with Crippen LogP contribution in [0.3, 0.4) is 0 Å². The second-order valence-corrected chi connectivity index (χ2v) is 6.62. The number of nitrogens with two attached hydrogens (primary N) is 1. The van der Waals surface area contributed by atoms with Crippen molar-refractivity contribution in [3.8, 4) is 0 Å². The molecule has 0 aliphatic rings. The van der Waals surface area contributed by atoms with Gasteiger partial charge >= 0.3 is 0 Å². The van der Waals surface area contributed by atoms with Gasteiger partial charge in [-0.25, -0.2) is 0 Å². The van der Waals surface area contributed by atoms with Crippen molar-refractivity contribution >= 4 is 21.8 Å². The van der Waals surface area contributed by atoms with Crippen molar-refractivity contribution < 1.29 is 0 Å². The highest BCUT2D eigenvalue weighted by Crippen LogP contribution is 2.31. The fourth-order valence-electron chi connectivity index (χ4n) is 3.32. The van der Waals surface area contributed by atoms with Crippen LogP contribution < -0.4 is 5.73 Å². The third kappa shape index (κ3) is 2.64. The Morgan fingerprint density at radius 2 is 1.68 bits per heavy atom. The molecule has 0 saturated carbocycles. The van der Waals surface area contributed by atoms with Crippen molar-refractivity contribution in [2.24, 2.45) is 11.7 Å². The highest BCUT2D eigenvalue weighted by molar-refractivity contribution is 6.08. The monoisotopic (exact) mass is 294 g/mol. The Morgan fingerprint density at radius 3 is 2.41 bits per heavy atom. The maximum Gasteiger partial charge on any atom is 0.0491 e. The first-order chi connectivity index (χ1) is 10.6. The SMILES string of the molecule is CCn1c2ccccc2c2cc([C@@H](N)CCC(C)C)ccc21. The summed E-state index contributed by atoms with van der Waals surface area (Å²) in [7, 11) is 0. The Labute approximate surface area is 132 Å². The second-order valence-electron chi connectivity index (χ2n) is 6.62. The predicted octanol–water partition coefficient (Wildman–Crippen LogP) is 5.25. The molecule has 0 amide bonds. The van der Waals surface area contributed by atoms with Gasteiger partial charge in [0.15, 0.2) is 0 Å². The number of rotatable bonds is 5. The van der Waals surface area contributed by atoms with Crippen molar-refractivity contribution in [1.29, 1.82) is 0 Å². The van der Waals surface area contributed by atoms with Crippen LogP contribution in [0.2, 0.25) is 0 Å². The smallest absolute Gasteiger partial charge is 0.0491 e. The highest BCUT2D eigenvalue weighted by atomic mass is 15.0. The predicted molar refractivity (Wildman–Crippen MR) is 96.1 cm³/mol. The summed E-state index contributed by atoms with van der Waals surface area (Å²) in [6.45, 7) is 7.70. The molecule has 0 fully saturated rings. The van der Waals surface area contributed by atoms with Gasteiger partial charge in [-0.15, -0.1) is 0 Å². The van der Waals surface area contributed by atoms with E-state index in [1.54, 1.807) is 0 Å². The van der Waals surface area contributed by atoms with E-state index in [1.165, 1.54) is 33.8 Å². The normalized spacial score (nSPS) is 13.3. The molecule has 2 N–H and O–H groups in total. The molecule has 0 spiro atoms.